The Labute approximate surface area is 149 Å². The summed E-state index contributed by atoms with van der Waals surface area (Å²) in [5.41, 5.74) is 1.38. The molecule has 0 unspecified atom stereocenters. The number of aryl methyl sites for hydroxylation is 1. The molecule has 3 aromatic rings. The lowest BCUT2D eigenvalue weighted by molar-refractivity contribution is -0.131. The Morgan fingerprint density at radius 2 is 1.81 bits per heavy atom. The normalized spacial score (nSPS) is 10.6. The number of para-hydroxylation sites is 1. The van der Waals surface area contributed by atoms with Gasteiger partial charge in [-0.25, -0.2) is 4.79 Å². The fourth-order valence-corrected chi connectivity index (χ4v) is 2.90. The largest absolute Gasteiger partial charge is 0.497 e. The number of esters is 1. The molecular weight excluding hydrogens is 336 g/mol. The van der Waals surface area contributed by atoms with Crippen molar-refractivity contribution in [3.63, 3.8) is 0 Å². The quantitative estimate of drug-likeness (QED) is 0.404. The van der Waals surface area contributed by atoms with Crippen LogP contribution in [0.5, 0.6) is 17.2 Å². The SMILES string of the molecule is COc1ccc(-c2c(C)c3cccc(OC(C)=O)c3oc2=O)c(OC)c1. The Bertz CT molecular complexity index is 1050. The molecule has 3 rings (SSSR count). The lowest BCUT2D eigenvalue weighted by Crippen LogP contribution is -2.09. The van der Waals surface area contributed by atoms with Crippen molar-refractivity contribution in [3.05, 3.63) is 52.4 Å². The van der Waals surface area contributed by atoms with Gasteiger partial charge in [-0.15, -0.1) is 0 Å². The molecular formula is C20H18O6. The van der Waals surface area contributed by atoms with E-state index in [-0.39, 0.29) is 11.3 Å². The zero-order valence-electron chi connectivity index (χ0n) is 14.9. The third-order valence-corrected chi connectivity index (χ3v) is 4.09. The van der Waals surface area contributed by atoms with Gasteiger partial charge in [-0.3, -0.25) is 4.79 Å². The fourth-order valence-electron chi connectivity index (χ4n) is 2.90. The van der Waals surface area contributed by atoms with Gasteiger partial charge in [0.15, 0.2) is 11.3 Å². The number of methoxy groups -OCH3 is 2. The van der Waals surface area contributed by atoms with E-state index >= 15 is 0 Å². The van der Waals surface area contributed by atoms with E-state index < -0.39 is 11.6 Å². The molecule has 0 spiro atoms. The Kier molecular flexibility index (Phi) is 4.67. The highest BCUT2D eigenvalue weighted by atomic mass is 16.5. The molecule has 0 fully saturated rings. The van der Waals surface area contributed by atoms with Crippen molar-refractivity contribution in [2.24, 2.45) is 0 Å². The van der Waals surface area contributed by atoms with E-state index in [0.29, 0.717) is 33.6 Å². The smallest absolute Gasteiger partial charge is 0.344 e. The topological polar surface area (TPSA) is 75.0 Å². The summed E-state index contributed by atoms with van der Waals surface area (Å²) in [6.45, 7) is 3.11. The van der Waals surface area contributed by atoms with Gasteiger partial charge in [-0.2, -0.15) is 0 Å². The molecule has 134 valence electrons. The molecule has 0 N–H and O–H groups in total. The summed E-state index contributed by atoms with van der Waals surface area (Å²) in [6, 6.07) is 10.3. The molecule has 2 aromatic carbocycles. The molecule has 0 bridgehead atoms. The maximum absolute atomic E-state index is 12.7. The number of ether oxygens (including phenoxy) is 3. The van der Waals surface area contributed by atoms with Crippen LogP contribution in [0.1, 0.15) is 12.5 Å². The molecule has 0 aliphatic carbocycles. The monoisotopic (exact) mass is 354 g/mol. The minimum Gasteiger partial charge on any atom is -0.497 e. The van der Waals surface area contributed by atoms with Crippen LogP contribution in [0.2, 0.25) is 0 Å². The third-order valence-electron chi connectivity index (χ3n) is 4.09. The molecule has 6 heteroatoms. The first kappa shape index (κ1) is 17.5. The van der Waals surface area contributed by atoms with Crippen molar-refractivity contribution in [3.8, 4) is 28.4 Å². The van der Waals surface area contributed by atoms with Crippen molar-refractivity contribution in [2.45, 2.75) is 13.8 Å². The highest BCUT2D eigenvalue weighted by Gasteiger charge is 2.19. The van der Waals surface area contributed by atoms with Gasteiger partial charge in [0.05, 0.1) is 19.8 Å². The summed E-state index contributed by atoms with van der Waals surface area (Å²) in [4.78, 5) is 24.0. The number of benzene rings is 2. The molecule has 0 aliphatic rings. The third kappa shape index (κ3) is 3.01. The minimum atomic E-state index is -0.543. The second-order valence-corrected chi connectivity index (χ2v) is 5.68. The summed E-state index contributed by atoms with van der Waals surface area (Å²) < 4.78 is 21.3. The van der Waals surface area contributed by atoms with Gasteiger partial charge in [-0.05, 0) is 30.7 Å². The summed E-state index contributed by atoms with van der Waals surface area (Å²) >= 11 is 0. The van der Waals surface area contributed by atoms with Gasteiger partial charge in [0.25, 0.3) is 0 Å². The number of hydrogen-bond donors (Lipinski definition) is 0. The van der Waals surface area contributed by atoms with Gasteiger partial charge in [-0.1, -0.05) is 12.1 Å². The summed E-state index contributed by atoms with van der Waals surface area (Å²) in [5, 5.41) is 0.677. The van der Waals surface area contributed by atoms with Crippen LogP contribution in [-0.4, -0.2) is 20.2 Å². The minimum absolute atomic E-state index is 0.212. The highest BCUT2D eigenvalue weighted by molar-refractivity contribution is 5.92. The summed E-state index contributed by atoms with van der Waals surface area (Å²) in [6.07, 6.45) is 0. The molecule has 0 aliphatic heterocycles. The molecule has 0 saturated heterocycles. The summed E-state index contributed by atoms with van der Waals surface area (Å²) in [7, 11) is 3.08. The van der Waals surface area contributed by atoms with E-state index in [9.17, 15) is 9.59 Å². The molecule has 0 radical (unpaired) electrons. The zero-order valence-corrected chi connectivity index (χ0v) is 14.9. The van der Waals surface area contributed by atoms with Crippen LogP contribution in [0.4, 0.5) is 0 Å². The number of carbonyl (C=O) groups excluding carboxylic acids is 1. The Balaban J connectivity index is 2.29. The first-order chi connectivity index (χ1) is 12.5. The van der Waals surface area contributed by atoms with Crippen LogP contribution >= 0.6 is 0 Å². The second kappa shape index (κ2) is 6.92. The first-order valence-electron chi connectivity index (χ1n) is 7.93. The molecule has 26 heavy (non-hydrogen) atoms. The molecule has 0 atom stereocenters. The molecule has 1 aromatic heterocycles. The number of fused-ring (bicyclic) bond motifs is 1. The maximum atomic E-state index is 12.7. The van der Waals surface area contributed by atoms with E-state index in [1.54, 1.807) is 43.5 Å². The van der Waals surface area contributed by atoms with Gasteiger partial charge >= 0.3 is 11.6 Å². The van der Waals surface area contributed by atoms with Crippen LogP contribution in [0, 0.1) is 6.92 Å². The van der Waals surface area contributed by atoms with Gasteiger partial charge in [0, 0.05) is 23.9 Å². The van der Waals surface area contributed by atoms with Gasteiger partial charge < -0.3 is 18.6 Å². The molecule has 0 saturated carbocycles. The maximum Gasteiger partial charge on any atom is 0.344 e. The average Bonchev–Trinajstić information content (AvgIpc) is 2.62. The van der Waals surface area contributed by atoms with Crippen LogP contribution in [0.3, 0.4) is 0 Å². The average molecular weight is 354 g/mol. The van der Waals surface area contributed by atoms with E-state index in [1.165, 1.54) is 14.0 Å². The Hall–Kier alpha value is -3.28. The van der Waals surface area contributed by atoms with Crippen molar-refractivity contribution in [1.82, 2.24) is 0 Å². The molecule has 0 amide bonds. The van der Waals surface area contributed by atoms with Crippen LogP contribution < -0.4 is 19.8 Å². The van der Waals surface area contributed by atoms with Crippen LogP contribution in [-0.2, 0) is 4.79 Å². The zero-order chi connectivity index (χ0) is 18.8. The fraction of sp³-hybridized carbons (Fsp3) is 0.200. The number of hydrogen-bond acceptors (Lipinski definition) is 6. The molecule has 1 heterocycles. The number of rotatable bonds is 4. The highest BCUT2D eigenvalue weighted by Crippen LogP contribution is 2.37. The predicted molar refractivity (Wildman–Crippen MR) is 97.1 cm³/mol. The van der Waals surface area contributed by atoms with Crippen molar-refractivity contribution < 1.29 is 23.4 Å². The lowest BCUT2D eigenvalue weighted by atomic mass is 9.98. The first-order valence-corrected chi connectivity index (χ1v) is 7.93. The van der Waals surface area contributed by atoms with Crippen molar-refractivity contribution in [2.75, 3.05) is 14.2 Å². The van der Waals surface area contributed by atoms with E-state index in [4.69, 9.17) is 18.6 Å². The van der Waals surface area contributed by atoms with Gasteiger partial charge in [0.2, 0.25) is 0 Å². The van der Waals surface area contributed by atoms with Crippen LogP contribution in [0.25, 0.3) is 22.1 Å². The molecule has 6 nitrogen and oxygen atoms in total. The van der Waals surface area contributed by atoms with Crippen molar-refractivity contribution >= 4 is 16.9 Å². The lowest BCUT2D eigenvalue weighted by Gasteiger charge is -2.13. The second-order valence-electron chi connectivity index (χ2n) is 5.68. The van der Waals surface area contributed by atoms with E-state index in [1.807, 2.05) is 6.92 Å². The van der Waals surface area contributed by atoms with Crippen molar-refractivity contribution in [1.29, 1.82) is 0 Å². The predicted octanol–water partition coefficient (Wildman–Crippen LogP) is 3.71. The van der Waals surface area contributed by atoms with E-state index in [0.717, 1.165) is 0 Å². The Morgan fingerprint density at radius 1 is 1.04 bits per heavy atom. The number of carbonyl (C=O) groups is 1. The van der Waals surface area contributed by atoms with Crippen LogP contribution in [0.15, 0.2) is 45.6 Å². The van der Waals surface area contributed by atoms with E-state index in [2.05, 4.69) is 0 Å². The summed E-state index contributed by atoms with van der Waals surface area (Å²) in [5.74, 6) is 0.836. The van der Waals surface area contributed by atoms with Gasteiger partial charge in [0.1, 0.15) is 11.5 Å². The Morgan fingerprint density at radius 3 is 2.46 bits per heavy atom. The standard InChI is InChI=1S/C20H18O6/c1-11-14-6-5-7-16(25-12(2)21)19(14)26-20(22)18(11)15-9-8-13(23-3)10-17(15)24-4/h5-10H,1-4H3.